The zero-order valence-corrected chi connectivity index (χ0v) is 13.8. The average Bonchev–Trinajstić information content (AvgIpc) is 2.97. The van der Waals surface area contributed by atoms with Gasteiger partial charge in [0.15, 0.2) is 6.61 Å². The zero-order chi connectivity index (χ0) is 17.1. The van der Waals surface area contributed by atoms with Crippen LogP contribution in [0.15, 0.2) is 42.5 Å². The molecule has 124 valence electrons. The van der Waals surface area contributed by atoms with Crippen LogP contribution in [0, 0.1) is 6.92 Å². The van der Waals surface area contributed by atoms with Gasteiger partial charge in [0.2, 0.25) is 5.91 Å². The second kappa shape index (κ2) is 6.74. The average molecular weight is 324 g/mol. The lowest BCUT2D eigenvalue weighted by molar-refractivity contribution is -0.118. The van der Waals surface area contributed by atoms with Crippen LogP contribution in [0.5, 0.6) is 5.75 Å². The Labute approximate surface area is 141 Å². The van der Waals surface area contributed by atoms with Crippen molar-refractivity contribution in [1.82, 2.24) is 0 Å². The Hall–Kier alpha value is -2.82. The highest BCUT2D eigenvalue weighted by Crippen LogP contribution is 2.30. The van der Waals surface area contributed by atoms with Crippen molar-refractivity contribution < 1.29 is 14.3 Å². The van der Waals surface area contributed by atoms with Gasteiger partial charge in [0.1, 0.15) is 5.75 Å². The molecule has 0 fully saturated rings. The summed E-state index contributed by atoms with van der Waals surface area (Å²) in [6.45, 7) is 4.21. The minimum atomic E-state index is -0.211. The number of aryl methyl sites for hydroxylation is 1. The number of nitrogens with one attached hydrogen (secondary N) is 1. The van der Waals surface area contributed by atoms with Crippen molar-refractivity contribution >= 4 is 23.2 Å². The molecule has 2 amide bonds. The largest absolute Gasteiger partial charge is 0.484 e. The topological polar surface area (TPSA) is 58.6 Å². The van der Waals surface area contributed by atoms with E-state index in [9.17, 15) is 9.59 Å². The molecule has 0 radical (unpaired) electrons. The summed E-state index contributed by atoms with van der Waals surface area (Å²) < 4.78 is 5.47. The summed E-state index contributed by atoms with van der Waals surface area (Å²) in [5.41, 5.74) is 3.86. The van der Waals surface area contributed by atoms with Gasteiger partial charge >= 0.3 is 0 Å². The molecule has 24 heavy (non-hydrogen) atoms. The van der Waals surface area contributed by atoms with Gasteiger partial charge in [0.05, 0.1) is 0 Å². The van der Waals surface area contributed by atoms with Crippen LogP contribution in [0.25, 0.3) is 0 Å². The standard InChI is InChI=1S/C19H20N2O3/c1-13-3-6-17(7-4-13)24-12-19(23)20-16-5-8-18-15(11-16)9-10-21(18)14(2)22/h3-8,11H,9-10,12H2,1-2H3,(H,20,23). The number of carbonyl (C=O) groups excluding carboxylic acids is 2. The highest BCUT2D eigenvalue weighted by molar-refractivity contribution is 5.95. The molecule has 0 spiro atoms. The quantitative estimate of drug-likeness (QED) is 0.941. The van der Waals surface area contributed by atoms with Gasteiger partial charge < -0.3 is 15.0 Å². The third kappa shape index (κ3) is 3.56. The number of rotatable bonds is 4. The van der Waals surface area contributed by atoms with Gasteiger partial charge in [0.25, 0.3) is 5.91 Å². The second-order valence-electron chi connectivity index (χ2n) is 5.91. The molecule has 0 atom stereocenters. The summed E-state index contributed by atoms with van der Waals surface area (Å²) in [5, 5.41) is 2.83. The van der Waals surface area contributed by atoms with Crippen molar-refractivity contribution in [2.75, 3.05) is 23.4 Å². The first-order valence-corrected chi connectivity index (χ1v) is 7.93. The van der Waals surface area contributed by atoms with E-state index >= 15 is 0 Å². The molecule has 2 aromatic carbocycles. The van der Waals surface area contributed by atoms with Crippen molar-refractivity contribution in [1.29, 1.82) is 0 Å². The van der Waals surface area contributed by atoms with Gasteiger partial charge in [-0.1, -0.05) is 17.7 Å². The Bertz CT molecular complexity index is 769. The van der Waals surface area contributed by atoms with Gasteiger partial charge in [-0.2, -0.15) is 0 Å². The lowest BCUT2D eigenvalue weighted by Crippen LogP contribution is -2.25. The fraction of sp³-hybridized carbons (Fsp3) is 0.263. The molecule has 0 aliphatic carbocycles. The first-order valence-electron chi connectivity index (χ1n) is 7.93. The van der Waals surface area contributed by atoms with E-state index in [-0.39, 0.29) is 18.4 Å². The van der Waals surface area contributed by atoms with E-state index in [1.165, 1.54) is 0 Å². The van der Waals surface area contributed by atoms with Crippen LogP contribution < -0.4 is 15.0 Å². The Balaban J connectivity index is 1.59. The molecule has 5 heteroatoms. The monoisotopic (exact) mass is 324 g/mol. The number of carbonyl (C=O) groups is 2. The Morgan fingerprint density at radius 3 is 2.62 bits per heavy atom. The maximum Gasteiger partial charge on any atom is 0.262 e. The Morgan fingerprint density at radius 2 is 1.92 bits per heavy atom. The van der Waals surface area contributed by atoms with Crippen molar-refractivity contribution in [3.63, 3.8) is 0 Å². The van der Waals surface area contributed by atoms with Crippen molar-refractivity contribution in [2.24, 2.45) is 0 Å². The highest BCUT2D eigenvalue weighted by Gasteiger charge is 2.22. The first kappa shape index (κ1) is 16.1. The summed E-state index contributed by atoms with van der Waals surface area (Å²) >= 11 is 0. The van der Waals surface area contributed by atoms with Crippen molar-refractivity contribution in [3.05, 3.63) is 53.6 Å². The van der Waals surface area contributed by atoms with Crippen LogP contribution in [0.1, 0.15) is 18.1 Å². The Morgan fingerprint density at radius 1 is 1.17 bits per heavy atom. The van der Waals surface area contributed by atoms with Crippen LogP contribution in [-0.2, 0) is 16.0 Å². The lowest BCUT2D eigenvalue weighted by Gasteiger charge is -2.15. The van der Waals surface area contributed by atoms with Gasteiger partial charge in [0, 0.05) is 24.8 Å². The van der Waals surface area contributed by atoms with E-state index in [4.69, 9.17) is 4.74 Å². The van der Waals surface area contributed by atoms with E-state index in [1.54, 1.807) is 11.8 Å². The molecule has 5 nitrogen and oxygen atoms in total. The third-order valence-corrected chi connectivity index (χ3v) is 4.03. The molecule has 0 unspecified atom stereocenters. The Kier molecular flexibility index (Phi) is 4.51. The zero-order valence-electron chi connectivity index (χ0n) is 13.8. The van der Waals surface area contributed by atoms with Crippen molar-refractivity contribution in [2.45, 2.75) is 20.3 Å². The smallest absolute Gasteiger partial charge is 0.262 e. The predicted molar refractivity (Wildman–Crippen MR) is 93.5 cm³/mol. The fourth-order valence-corrected chi connectivity index (χ4v) is 2.79. The van der Waals surface area contributed by atoms with Crippen LogP contribution in [0.3, 0.4) is 0 Å². The van der Waals surface area contributed by atoms with E-state index < -0.39 is 0 Å². The summed E-state index contributed by atoms with van der Waals surface area (Å²) in [6.07, 6.45) is 0.804. The number of nitrogens with zero attached hydrogens (tertiary/aromatic N) is 1. The molecule has 1 aliphatic rings. The number of benzene rings is 2. The number of hydrogen-bond acceptors (Lipinski definition) is 3. The van der Waals surface area contributed by atoms with Crippen molar-refractivity contribution in [3.8, 4) is 5.75 Å². The summed E-state index contributed by atoms with van der Waals surface area (Å²) in [7, 11) is 0. The van der Waals surface area contributed by atoms with E-state index in [0.29, 0.717) is 12.3 Å². The molecule has 0 aromatic heterocycles. The SMILES string of the molecule is CC(=O)N1CCc2cc(NC(=O)COc3ccc(C)cc3)ccc21. The lowest BCUT2D eigenvalue weighted by atomic mass is 10.1. The van der Waals surface area contributed by atoms with Gasteiger partial charge in [-0.05, 0) is 49.2 Å². The minimum absolute atomic E-state index is 0.0389. The van der Waals surface area contributed by atoms with Crippen LogP contribution in [0.2, 0.25) is 0 Å². The summed E-state index contributed by atoms with van der Waals surface area (Å²) in [4.78, 5) is 25.3. The van der Waals surface area contributed by atoms with Gasteiger partial charge in [-0.25, -0.2) is 0 Å². The molecule has 3 rings (SSSR count). The van der Waals surface area contributed by atoms with Crippen LogP contribution in [0.4, 0.5) is 11.4 Å². The third-order valence-electron chi connectivity index (χ3n) is 4.03. The maximum absolute atomic E-state index is 12.0. The fourth-order valence-electron chi connectivity index (χ4n) is 2.79. The highest BCUT2D eigenvalue weighted by atomic mass is 16.5. The maximum atomic E-state index is 12.0. The first-order chi connectivity index (χ1) is 11.5. The summed E-state index contributed by atoms with van der Waals surface area (Å²) in [5.74, 6) is 0.496. The van der Waals surface area contributed by atoms with E-state index in [0.717, 1.165) is 28.9 Å². The molecule has 0 saturated heterocycles. The number of anilines is 2. The van der Waals surface area contributed by atoms with Gasteiger partial charge in [-0.15, -0.1) is 0 Å². The molecule has 1 N–H and O–H groups in total. The molecule has 2 aromatic rings. The number of ether oxygens (including phenoxy) is 1. The van der Waals surface area contributed by atoms with E-state index in [1.807, 2.05) is 49.4 Å². The van der Waals surface area contributed by atoms with Crippen LogP contribution in [-0.4, -0.2) is 25.0 Å². The molecule has 0 saturated carbocycles. The predicted octanol–water partition coefficient (Wildman–Crippen LogP) is 2.92. The van der Waals surface area contributed by atoms with Crippen LogP contribution >= 0.6 is 0 Å². The number of hydrogen-bond donors (Lipinski definition) is 1. The molecular formula is C19H20N2O3. The minimum Gasteiger partial charge on any atom is -0.484 e. The van der Waals surface area contributed by atoms with E-state index in [2.05, 4.69) is 5.32 Å². The number of fused-ring (bicyclic) bond motifs is 1. The molecule has 1 heterocycles. The molecule has 1 aliphatic heterocycles. The molecular weight excluding hydrogens is 304 g/mol. The normalized spacial score (nSPS) is 12.7. The molecule has 0 bridgehead atoms. The summed E-state index contributed by atoms with van der Waals surface area (Å²) in [6, 6.07) is 13.2. The number of amides is 2. The second-order valence-corrected chi connectivity index (χ2v) is 5.91. The van der Waals surface area contributed by atoms with Gasteiger partial charge in [-0.3, -0.25) is 9.59 Å².